The molecule has 0 saturated heterocycles. The third kappa shape index (κ3) is 3.82. The minimum Gasteiger partial charge on any atom is -0.475 e. The molecular weight excluding hydrogens is 302 g/mol. The second-order valence-electron chi connectivity index (χ2n) is 4.07. The lowest BCUT2D eigenvalue weighted by Gasteiger charge is -2.18. The Kier molecular flexibility index (Phi) is 5.50. The number of hydrogen-bond donors (Lipinski definition) is 1. The number of esters is 1. The molecule has 8 nitrogen and oxygen atoms in total. The van der Waals surface area contributed by atoms with Crippen molar-refractivity contribution in [2.24, 2.45) is 0 Å². The molecule has 0 bridgehead atoms. The molecule has 0 amide bonds. The van der Waals surface area contributed by atoms with Gasteiger partial charge in [-0.1, -0.05) is 6.92 Å². The summed E-state index contributed by atoms with van der Waals surface area (Å²) in [5.74, 6) is -2.57. The number of hydrogen-bond acceptors (Lipinski definition) is 6. The van der Waals surface area contributed by atoms with E-state index in [0.29, 0.717) is 0 Å². The molecule has 0 aliphatic carbocycles. The number of ether oxygens (including phenoxy) is 1. The molecule has 0 unspecified atom stereocenters. The molecule has 1 N–H and O–H groups in total. The first-order valence-corrected chi connectivity index (χ1v) is 7.67. The van der Waals surface area contributed by atoms with Gasteiger partial charge in [-0.25, -0.2) is 13.2 Å². The molecule has 0 aliphatic heterocycles. The Morgan fingerprint density at radius 3 is 2.43 bits per heavy atom. The highest BCUT2D eigenvalue weighted by atomic mass is 32.2. The van der Waals surface area contributed by atoms with Crippen molar-refractivity contribution in [3.05, 3.63) is 17.6 Å². The molecule has 1 aromatic rings. The summed E-state index contributed by atoms with van der Waals surface area (Å²) in [6.45, 7) is 4.25. The lowest BCUT2D eigenvalue weighted by atomic mass is 10.4. The summed E-state index contributed by atoms with van der Waals surface area (Å²) < 4.78 is 35.4. The monoisotopic (exact) mass is 319 g/mol. The van der Waals surface area contributed by atoms with E-state index in [4.69, 9.17) is 14.3 Å². The molecule has 0 spiro atoms. The van der Waals surface area contributed by atoms with Gasteiger partial charge in [-0.05, 0) is 13.8 Å². The van der Waals surface area contributed by atoms with E-state index in [1.54, 1.807) is 13.8 Å². The van der Waals surface area contributed by atoms with Crippen LogP contribution in [0.4, 0.5) is 0 Å². The smallest absolute Gasteiger partial charge is 0.371 e. The molecule has 1 rings (SSSR count). The van der Waals surface area contributed by atoms with Gasteiger partial charge in [0, 0.05) is 12.6 Å². The second kappa shape index (κ2) is 6.72. The van der Waals surface area contributed by atoms with Crippen LogP contribution in [0.2, 0.25) is 0 Å². The van der Waals surface area contributed by atoms with Crippen LogP contribution >= 0.6 is 0 Å². The Labute approximate surface area is 122 Å². The fourth-order valence-electron chi connectivity index (χ4n) is 1.68. The van der Waals surface area contributed by atoms with E-state index in [-0.39, 0.29) is 23.8 Å². The maximum atomic E-state index is 12.4. The number of furan rings is 1. The van der Waals surface area contributed by atoms with E-state index in [9.17, 15) is 18.0 Å². The van der Waals surface area contributed by atoms with Crippen molar-refractivity contribution in [3.63, 3.8) is 0 Å². The number of carbonyl (C=O) groups is 2. The van der Waals surface area contributed by atoms with Gasteiger partial charge in [0.05, 0.1) is 6.61 Å². The lowest BCUT2D eigenvalue weighted by Crippen LogP contribution is -2.36. The molecule has 0 saturated carbocycles. The van der Waals surface area contributed by atoms with E-state index >= 15 is 0 Å². The van der Waals surface area contributed by atoms with Gasteiger partial charge in [0.15, 0.2) is 0 Å². The summed E-state index contributed by atoms with van der Waals surface area (Å²) in [4.78, 5) is 22.0. The van der Waals surface area contributed by atoms with Crippen LogP contribution in [0, 0.1) is 6.92 Å². The Morgan fingerprint density at radius 1 is 1.38 bits per heavy atom. The van der Waals surface area contributed by atoms with Gasteiger partial charge < -0.3 is 14.3 Å². The van der Waals surface area contributed by atoms with Crippen LogP contribution in [0.25, 0.3) is 0 Å². The van der Waals surface area contributed by atoms with Crippen molar-refractivity contribution < 1.29 is 32.3 Å². The molecule has 21 heavy (non-hydrogen) atoms. The molecule has 1 aromatic heterocycles. The Hall–Kier alpha value is -1.87. The summed E-state index contributed by atoms with van der Waals surface area (Å²) >= 11 is 0. The first-order chi connectivity index (χ1) is 9.73. The van der Waals surface area contributed by atoms with Crippen LogP contribution in [0.5, 0.6) is 0 Å². The highest BCUT2D eigenvalue weighted by Crippen LogP contribution is 2.23. The molecule has 0 atom stereocenters. The van der Waals surface area contributed by atoms with Crippen molar-refractivity contribution in [1.82, 2.24) is 4.31 Å². The number of aromatic carboxylic acids is 1. The fourth-order valence-corrected chi connectivity index (χ4v) is 3.24. The predicted molar refractivity (Wildman–Crippen MR) is 71.5 cm³/mol. The van der Waals surface area contributed by atoms with Gasteiger partial charge in [0.1, 0.15) is 17.2 Å². The van der Waals surface area contributed by atoms with Crippen molar-refractivity contribution in [2.45, 2.75) is 25.7 Å². The normalized spacial score (nSPS) is 11.6. The van der Waals surface area contributed by atoms with Crippen molar-refractivity contribution in [1.29, 1.82) is 0 Å². The minimum atomic E-state index is -4.03. The molecule has 0 aromatic carbocycles. The average molecular weight is 319 g/mol. The highest BCUT2D eigenvalue weighted by molar-refractivity contribution is 7.89. The zero-order chi connectivity index (χ0) is 16.2. The summed E-state index contributed by atoms with van der Waals surface area (Å²) in [5, 5.41) is 8.82. The van der Waals surface area contributed by atoms with Gasteiger partial charge in [-0.15, -0.1) is 0 Å². The number of carboxylic acids is 1. The molecule has 0 radical (unpaired) electrons. The number of carboxylic acid groups (broad SMARTS) is 1. The highest BCUT2D eigenvalue weighted by Gasteiger charge is 2.30. The third-order valence-electron chi connectivity index (χ3n) is 2.66. The molecule has 118 valence electrons. The zero-order valence-electron chi connectivity index (χ0n) is 12.0. The van der Waals surface area contributed by atoms with Crippen LogP contribution in [-0.4, -0.2) is 49.5 Å². The zero-order valence-corrected chi connectivity index (χ0v) is 12.8. The van der Waals surface area contributed by atoms with Crippen LogP contribution in [0.1, 0.15) is 30.2 Å². The summed E-state index contributed by atoms with van der Waals surface area (Å²) in [6.07, 6.45) is 0. The second-order valence-corrected chi connectivity index (χ2v) is 5.98. The van der Waals surface area contributed by atoms with E-state index in [1.807, 2.05) is 0 Å². The Morgan fingerprint density at radius 2 is 2.00 bits per heavy atom. The van der Waals surface area contributed by atoms with Gasteiger partial charge in [0.2, 0.25) is 15.8 Å². The molecule has 0 aliphatic rings. The van der Waals surface area contributed by atoms with Gasteiger partial charge >= 0.3 is 11.9 Å². The van der Waals surface area contributed by atoms with Gasteiger partial charge in [-0.2, -0.15) is 4.31 Å². The largest absolute Gasteiger partial charge is 0.475 e. The number of rotatable bonds is 7. The minimum absolute atomic E-state index is 0.0359. The fraction of sp³-hybridized carbons (Fsp3) is 0.500. The van der Waals surface area contributed by atoms with Crippen LogP contribution in [0.15, 0.2) is 15.4 Å². The topological polar surface area (TPSA) is 114 Å². The van der Waals surface area contributed by atoms with Crippen LogP contribution in [0.3, 0.4) is 0 Å². The van der Waals surface area contributed by atoms with Crippen molar-refractivity contribution in [2.75, 3.05) is 19.7 Å². The number of likely N-dealkylation sites (N-methyl/N-ethyl adjacent to an activating group) is 1. The SMILES string of the molecule is CCOC(=O)CN(CC)S(=O)(=O)c1cc(C(=O)O)oc1C. The quantitative estimate of drug-likeness (QED) is 0.741. The summed E-state index contributed by atoms with van der Waals surface area (Å²) in [6, 6.07) is 0.931. The Bertz CT molecular complexity index is 632. The first-order valence-electron chi connectivity index (χ1n) is 6.23. The van der Waals surface area contributed by atoms with Crippen molar-refractivity contribution >= 4 is 22.0 Å². The van der Waals surface area contributed by atoms with Crippen LogP contribution < -0.4 is 0 Å². The maximum Gasteiger partial charge on any atom is 0.371 e. The molecule has 9 heteroatoms. The maximum absolute atomic E-state index is 12.4. The average Bonchev–Trinajstić information content (AvgIpc) is 2.79. The van der Waals surface area contributed by atoms with E-state index in [2.05, 4.69) is 0 Å². The van der Waals surface area contributed by atoms with Crippen LogP contribution in [-0.2, 0) is 19.6 Å². The van der Waals surface area contributed by atoms with E-state index in [1.165, 1.54) is 6.92 Å². The number of nitrogens with zero attached hydrogens (tertiary/aromatic N) is 1. The number of aryl methyl sites for hydroxylation is 1. The lowest BCUT2D eigenvalue weighted by molar-refractivity contribution is -0.143. The summed E-state index contributed by atoms with van der Waals surface area (Å²) in [5.41, 5.74) is 0. The standard InChI is InChI=1S/C12H17NO7S/c1-4-13(7-11(14)19-5-2)21(17,18)10-6-9(12(15)16)20-8(10)3/h6H,4-5,7H2,1-3H3,(H,15,16). The van der Waals surface area contributed by atoms with Crippen molar-refractivity contribution in [3.8, 4) is 0 Å². The number of sulfonamides is 1. The van der Waals surface area contributed by atoms with E-state index < -0.39 is 34.3 Å². The Balaban J connectivity index is 3.13. The molecular formula is C12H17NO7S. The molecule has 0 fully saturated rings. The number of carbonyl (C=O) groups excluding carboxylic acids is 1. The van der Waals surface area contributed by atoms with Gasteiger partial charge in [0.25, 0.3) is 0 Å². The van der Waals surface area contributed by atoms with Gasteiger partial charge in [-0.3, -0.25) is 4.79 Å². The first kappa shape index (κ1) is 17.2. The third-order valence-corrected chi connectivity index (χ3v) is 4.69. The summed E-state index contributed by atoms with van der Waals surface area (Å²) in [7, 11) is -4.03. The molecule has 1 heterocycles. The predicted octanol–water partition coefficient (Wildman–Crippen LogP) is 0.860. The van der Waals surface area contributed by atoms with E-state index in [0.717, 1.165) is 10.4 Å².